The summed E-state index contributed by atoms with van der Waals surface area (Å²) in [7, 11) is 0. The fourth-order valence-corrected chi connectivity index (χ4v) is 2.10. The maximum Gasteiger partial charge on any atom is 0.434 e. The van der Waals surface area contributed by atoms with Gasteiger partial charge in [-0.25, -0.2) is 9.07 Å². The number of halogens is 5. The molecular weight excluding hydrogens is 364 g/mol. The van der Waals surface area contributed by atoms with Crippen molar-refractivity contribution in [1.29, 1.82) is 0 Å². The van der Waals surface area contributed by atoms with Crippen LogP contribution in [0.3, 0.4) is 0 Å². The summed E-state index contributed by atoms with van der Waals surface area (Å²) >= 11 is 0. The number of hydrogen-bond donors (Lipinski definition) is 2. The highest BCUT2D eigenvalue weighted by atomic mass is 35.5. The van der Waals surface area contributed by atoms with E-state index in [0.29, 0.717) is 11.1 Å². The number of carbonyl (C=O) groups excluding carboxylic acids is 1. The van der Waals surface area contributed by atoms with Gasteiger partial charge in [-0.05, 0) is 25.5 Å². The summed E-state index contributed by atoms with van der Waals surface area (Å²) in [6.45, 7) is 1.84. The molecule has 1 unspecified atom stereocenters. The quantitative estimate of drug-likeness (QED) is 0.783. The third-order valence-electron chi connectivity index (χ3n) is 3.25. The number of nitrogens with one attached hydrogen (secondary N) is 1. The first-order valence-corrected chi connectivity index (χ1v) is 7.15. The molecule has 0 fully saturated rings. The number of hydrogen-bond acceptors (Lipinski definition) is 3. The van der Waals surface area contributed by atoms with Crippen LogP contribution in [-0.4, -0.2) is 28.3 Å². The van der Waals surface area contributed by atoms with Crippen LogP contribution >= 0.6 is 12.4 Å². The van der Waals surface area contributed by atoms with Crippen molar-refractivity contribution in [3.05, 3.63) is 47.5 Å². The number of para-hydroxylation sites is 1. The molecule has 0 saturated heterocycles. The molecule has 0 spiro atoms. The minimum Gasteiger partial charge on any atom is -0.352 e. The van der Waals surface area contributed by atoms with Gasteiger partial charge in [-0.1, -0.05) is 12.1 Å². The van der Waals surface area contributed by atoms with Crippen molar-refractivity contribution in [3.8, 4) is 5.69 Å². The highest BCUT2D eigenvalue weighted by molar-refractivity contribution is 5.95. The lowest BCUT2D eigenvalue weighted by molar-refractivity contribution is -0.143. The molecule has 5 nitrogen and oxygen atoms in total. The molecule has 1 aromatic carbocycles. The van der Waals surface area contributed by atoms with Crippen LogP contribution in [-0.2, 0) is 6.18 Å². The van der Waals surface area contributed by atoms with Crippen molar-refractivity contribution in [1.82, 2.24) is 15.1 Å². The van der Waals surface area contributed by atoms with E-state index < -0.39 is 29.2 Å². The van der Waals surface area contributed by atoms with Gasteiger partial charge in [-0.3, -0.25) is 4.79 Å². The minimum absolute atomic E-state index is 0. The second kappa shape index (κ2) is 8.30. The molecule has 0 aliphatic rings. The Morgan fingerprint density at radius 1 is 1.36 bits per heavy atom. The molecule has 10 heteroatoms. The van der Waals surface area contributed by atoms with Crippen LogP contribution in [0.4, 0.5) is 17.6 Å². The molecule has 1 amide bonds. The number of carbonyl (C=O) groups is 1. The van der Waals surface area contributed by atoms with Gasteiger partial charge >= 0.3 is 6.18 Å². The van der Waals surface area contributed by atoms with Crippen LogP contribution in [0.25, 0.3) is 5.69 Å². The van der Waals surface area contributed by atoms with Gasteiger partial charge in [0.1, 0.15) is 11.5 Å². The summed E-state index contributed by atoms with van der Waals surface area (Å²) in [6.07, 6.45) is -3.70. The molecule has 0 saturated carbocycles. The Hall–Kier alpha value is -2.13. The summed E-state index contributed by atoms with van der Waals surface area (Å²) in [6, 6.07) is 4.68. The summed E-state index contributed by atoms with van der Waals surface area (Å²) in [4.78, 5) is 12.0. The molecule has 0 aliphatic carbocycles. The van der Waals surface area contributed by atoms with Crippen LogP contribution < -0.4 is 11.1 Å². The minimum atomic E-state index is -4.88. The van der Waals surface area contributed by atoms with E-state index in [9.17, 15) is 22.4 Å². The average molecular weight is 381 g/mol. The highest BCUT2D eigenvalue weighted by Gasteiger charge is 2.40. The lowest BCUT2D eigenvalue weighted by atomic mass is 10.2. The number of amides is 1. The van der Waals surface area contributed by atoms with Crippen LogP contribution in [0.1, 0.15) is 29.4 Å². The average Bonchev–Trinajstić information content (AvgIpc) is 2.92. The Balaban J connectivity index is 0.00000312. The van der Waals surface area contributed by atoms with Gasteiger partial charge in [0.15, 0.2) is 5.69 Å². The summed E-state index contributed by atoms with van der Waals surface area (Å²) in [5.41, 5.74) is 3.14. The zero-order valence-electron chi connectivity index (χ0n) is 13.2. The molecule has 0 aliphatic heterocycles. The number of alkyl halides is 3. The van der Waals surface area contributed by atoms with Crippen LogP contribution in [0.2, 0.25) is 0 Å². The van der Waals surface area contributed by atoms with E-state index in [0.717, 1.165) is 18.3 Å². The molecule has 138 valence electrons. The number of nitrogens with two attached hydrogens (primary N) is 1. The molecule has 0 radical (unpaired) electrons. The van der Waals surface area contributed by atoms with Crippen molar-refractivity contribution in [2.75, 3.05) is 6.54 Å². The van der Waals surface area contributed by atoms with E-state index in [-0.39, 0.29) is 30.7 Å². The first-order chi connectivity index (χ1) is 11.2. The number of aromatic nitrogens is 2. The Morgan fingerprint density at radius 3 is 2.56 bits per heavy atom. The van der Waals surface area contributed by atoms with Gasteiger partial charge < -0.3 is 11.1 Å². The van der Waals surface area contributed by atoms with Crippen molar-refractivity contribution in [2.45, 2.75) is 25.6 Å². The lowest BCUT2D eigenvalue weighted by Gasteiger charge is -2.13. The topological polar surface area (TPSA) is 72.9 Å². The molecular formula is C15H17ClF4N4O. The predicted molar refractivity (Wildman–Crippen MR) is 86.4 cm³/mol. The monoisotopic (exact) mass is 380 g/mol. The maximum atomic E-state index is 13.8. The van der Waals surface area contributed by atoms with Crippen LogP contribution in [0.5, 0.6) is 0 Å². The number of rotatable bonds is 5. The van der Waals surface area contributed by atoms with Crippen molar-refractivity contribution < 1.29 is 22.4 Å². The molecule has 2 rings (SSSR count). The zero-order chi connectivity index (χ0) is 17.9. The SMILES string of the molecule is CC(N)CCNC(=O)c1cnn(-c2ccccc2F)c1C(F)(F)F.Cl. The van der Waals surface area contributed by atoms with Gasteiger partial charge in [0.05, 0.1) is 11.8 Å². The van der Waals surface area contributed by atoms with Gasteiger partial charge in [-0.15, -0.1) is 12.4 Å². The largest absolute Gasteiger partial charge is 0.434 e. The van der Waals surface area contributed by atoms with Gasteiger partial charge in [-0.2, -0.15) is 18.3 Å². The molecule has 2 aromatic rings. The maximum absolute atomic E-state index is 13.8. The Morgan fingerprint density at radius 2 is 2.00 bits per heavy atom. The third-order valence-corrected chi connectivity index (χ3v) is 3.25. The van der Waals surface area contributed by atoms with E-state index >= 15 is 0 Å². The van der Waals surface area contributed by atoms with Crippen LogP contribution in [0.15, 0.2) is 30.5 Å². The normalized spacial score (nSPS) is 12.4. The number of nitrogens with zero attached hydrogens (tertiary/aromatic N) is 2. The summed E-state index contributed by atoms with van der Waals surface area (Å²) in [5.74, 6) is -1.82. The molecule has 1 aromatic heterocycles. The highest BCUT2D eigenvalue weighted by Crippen LogP contribution is 2.34. The first-order valence-electron chi connectivity index (χ1n) is 7.15. The van der Waals surface area contributed by atoms with Gasteiger partial charge in [0.25, 0.3) is 5.91 Å². The summed E-state index contributed by atoms with van der Waals surface area (Å²) < 4.78 is 54.3. The predicted octanol–water partition coefficient (Wildman–Crippen LogP) is 2.92. The first kappa shape index (κ1) is 20.9. The van der Waals surface area contributed by atoms with Gasteiger partial charge in [0.2, 0.25) is 0 Å². The van der Waals surface area contributed by atoms with E-state index in [4.69, 9.17) is 5.73 Å². The lowest BCUT2D eigenvalue weighted by Crippen LogP contribution is -2.30. The number of benzene rings is 1. The smallest absolute Gasteiger partial charge is 0.352 e. The standard InChI is InChI=1S/C15H16F4N4O.ClH/c1-9(20)6-7-21-14(24)10-8-22-23(13(10)15(17,18)19)12-5-3-2-4-11(12)16;/h2-5,8-9H,6-7,20H2,1H3,(H,21,24);1H. The second-order valence-corrected chi connectivity index (χ2v) is 5.29. The summed E-state index contributed by atoms with van der Waals surface area (Å²) in [5, 5.41) is 5.91. The zero-order valence-corrected chi connectivity index (χ0v) is 14.0. The van der Waals surface area contributed by atoms with Crippen LogP contribution in [0, 0.1) is 5.82 Å². The van der Waals surface area contributed by atoms with Crippen molar-refractivity contribution in [3.63, 3.8) is 0 Å². The fraction of sp³-hybridized carbons (Fsp3) is 0.333. The molecule has 1 atom stereocenters. The molecule has 3 N–H and O–H groups in total. The van der Waals surface area contributed by atoms with Gasteiger partial charge in [0, 0.05) is 12.6 Å². The van der Waals surface area contributed by atoms with Crippen molar-refractivity contribution >= 4 is 18.3 Å². The van der Waals surface area contributed by atoms with Crippen molar-refractivity contribution in [2.24, 2.45) is 5.73 Å². The fourth-order valence-electron chi connectivity index (χ4n) is 2.10. The Bertz CT molecular complexity index is 731. The van der Waals surface area contributed by atoms with E-state index in [1.54, 1.807) is 6.92 Å². The molecule has 1 heterocycles. The van der Waals surface area contributed by atoms with E-state index in [1.165, 1.54) is 12.1 Å². The molecule has 0 bridgehead atoms. The van der Waals surface area contributed by atoms with E-state index in [2.05, 4.69) is 10.4 Å². The third kappa shape index (κ3) is 4.93. The molecule has 25 heavy (non-hydrogen) atoms. The Labute approximate surface area is 147 Å². The Kier molecular flexibility index (Phi) is 6.95. The van der Waals surface area contributed by atoms with E-state index in [1.807, 2.05) is 0 Å². The second-order valence-electron chi connectivity index (χ2n) is 5.29.